The number of nitrogens with zero attached hydrogens (tertiary/aromatic N) is 2. The Morgan fingerprint density at radius 1 is 1.43 bits per heavy atom. The summed E-state index contributed by atoms with van der Waals surface area (Å²) in [6.07, 6.45) is 2.17. The van der Waals surface area contributed by atoms with Crippen molar-refractivity contribution >= 4 is 17.6 Å². The molecule has 21 heavy (non-hydrogen) atoms. The predicted octanol–water partition coefficient (Wildman–Crippen LogP) is 2.07. The van der Waals surface area contributed by atoms with E-state index in [-0.39, 0.29) is 24.1 Å². The van der Waals surface area contributed by atoms with E-state index in [1.165, 1.54) is 11.2 Å². The van der Waals surface area contributed by atoms with E-state index in [0.717, 1.165) is 6.42 Å². The first kappa shape index (κ1) is 14.8. The van der Waals surface area contributed by atoms with Crippen LogP contribution in [0.3, 0.4) is 0 Å². The molecule has 2 amide bonds. The van der Waals surface area contributed by atoms with Crippen LogP contribution in [0.5, 0.6) is 0 Å². The minimum absolute atomic E-state index is 0.0702. The van der Waals surface area contributed by atoms with Crippen LogP contribution >= 0.6 is 0 Å². The minimum atomic E-state index is -0.336. The van der Waals surface area contributed by atoms with Gasteiger partial charge in [-0.15, -0.1) is 0 Å². The molecule has 2 aromatic heterocycles. The van der Waals surface area contributed by atoms with Crippen LogP contribution in [0.2, 0.25) is 0 Å². The summed E-state index contributed by atoms with van der Waals surface area (Å²) in [4.78, 5) is 25.6. The molecule has 2 aromatic rings. The molecule has 7 heteroatoms. The van der Waals surface area contributed by atoms with Crippen LogP contribution in [-0.2, 0) is 4.79 Å². The van der Waals surface area contributed by atoms with E-state index < -0.39 is 0 Å². The SMILES string of the molecule is CCCN(CC(=O)Nc1cc(C)on1)C(=O)c1ccco1. The van der Waals surface area contributed by atoms with Crippen LogP contribution in [0.25, 0.3) is 0 Å². The number of furan rings is 1. The maximum absolute atomic E-state index is 12.2. The quantitative estimate of drug-likeness (QED) is 0.880. The normalized spacial score (nSPS) is 10.4. The van der Waals surface area contributed by atoms with Gasteiger partial charge in [0.1, 0.15) is 12.3 Å². The molecule has 0 spiro atoms. The lowest BCUT2D eigenvalue weighted by atomic mass is 10.3. The van der Waals surface area contributed by atoms with E-state index in [1.54, 1.807) is 25.1 Å². The number of hydrogen-bond acceptors (Lipinski definition) is 5. The van der Waals surface area contributed by atoms with Gasteiger partial charge in [0, 0.05) is 12.6 Å². The van der Waals surface area contributed by atoms with E-state index in [9.17, 15) is 9.59 Å². The van der Waals surface area contributed by atoms with Crippen LogP contribution < -0.4 is 5.32 Å². The van der Waals surface area contributed by atoms with E-state index >= 15 is 0 Å². The van der Waals surface area contributed by atoms with Gasteiger partial charge in [-0.3, -0.25) is 9.59 Å². The van der Waals surface area contributed by atoms with Gasteiger partial charge in [-0.1, -0.05) is 12.1 Å². The zero-order valence-corrected chi connectivity index (χ0v) is 12.0. The van der Waals surface area contributed by atoms with Crippen molar-refractivity contribution in [3.63, 3.8) is 0 Å². The predicted molar refractivity (Wildman–Crippen MR) is 74.8 cm³/mol. The number of hydrogen-bond donors (Lipinski definition) is 1. The highest BCUT2D eigenvalue weighted by Crippen LogP contribution is 2.09. The van der Waals surface area contributed by atoms with E-state index in [1.807, 2.05) is 6.92 Å². The van der Waals surface area contributed by atoms with Crippen LogP contribution in [-0.4, -0.2) is 35.0 Å². The van der Waals surface area contributed by atoms with Crippen molar-refractivity contribution in [2.45, 2.75) is 20.3 Å². The summed E-state index contributed by atoms with van der Waals surface area (Å²) in [5.74, 6) is 0.500. The fourth-order valence-corrected chi connectivity index (χ4v) is 1.86. The van der Waals surface area contributed by atoms with Gasteiger partial charge in [-0.05, 0) is 25.5 Å². The maximum Gasteiger partial charge on any atom is 0.290 e. The van der Waals surface area contributed by atoms with E-state index in [2.05, 4.69) is 10.5 Å². The number of carbonyl (C=O) groups is 2. The third-order valence-corrected chi connectivity index (χ3v) is 2.74. The van der Waals surface area contributed by atoms with Gasteiger partial charge in [-0.25, -0.2) is 0 Å². The topological polar surface area (TPSA) is 88.6 Å². The molecular weight excluding hydrogens is 274 g/mol. The fraction of sp³-hybridized carbons (Fsp3) is 0.357. The molecule has 0 unspecified atom stereocenters. The smallest absolute Gasteiger partial charge is 0.290 e. The molecule has 2 rings (SSSR count). The molecule has 2 heterocycles. The summed E-state index contributed by atoms with van der Waals surface area (Å²) < 4.78 is 9.94. The zero-order chi connectivity index (χ0) is 15.2. The maximum atomic E-state index is 12.2. The van der Waals surface area contributed by atoms with Crippen molar-refractivity contribution in [3.8, 4) is 0 Å². The molecule has 0 aliphatic carbocycles. The number of carbonyl (C=O) groups excluding carboxylic acids is 2. The summed E-state index contributed by atoms with van der Waals surface area (Å²) in [6.45, 7) is 4.05. The van der Waals surface area contributed by atoms with E-state index in [4.69, 9.17) is 8.94 Å². The van der Waals surface area contributed by atoms with Gasteiger partial charge in [-0.2, -0.15) is 0 Å². The summed E-state index contributed by atoms with van der Waals surface area (Å²) in [5, 5.41) is 6.26. The Kier molecular flexibility index (Phi) is 4.76. The molecule has 0 aliphatic rings. The van der Waals surface area contributed by atoms with Crippen molar-refractivity contribution in [1.82, 2.24) is 10.1 Å². The molecule has 0 radical (unpaired) electrons. The molecule has 0 aliphatic heterocycles. The second-order valence-corrected chi connectivity index (χ2v) is 4.57. The van der Waals surface area contributed by atoms with Gasteiger partial charge in [0.2, 0.25) is 5.91 Å². The second kappa shape index (κ2) is 6.74. The van der Waals surface area contributed by atoms with Crippen LogP contribution in [0, 0.1) is 6.92 Å². The highest BCUT2D eigenvalue weighted by Gasteiger charge is 2.20. The molecule has 112 valence electrons. The largest absolute Gasteiger partial charge is 0.459 e. The Balaban J connectivity index is 1.98. The molecule has 0 bridgehead atoms. The van der Waals surface area contributed by atoms with Crippen LogP contribution in [0.1, 0.15) is 29.7 Å². The summed E-state index contributed by atoms with van der Waals surface area (Å²) in [5.41, 5.74) is 0. The lowest BCUT2D eigenvalue weighted by Crippen LogP contribution is -2.38. The van der Waals surface area contributed by atoms with Crippen LogP contribution in [0.4, 0.5) is 5.82 Å². The Hall–Kier alpha value is -2.57. The Morgan fingerprint density at radius 2 is 2.24 bits per heavy atom. The third kappa shape index (κ3) is 3.95. The third-order valence-electron chi connectivity index (χ3n) is 2.74. The lowest BCUT2D eigenvalue weighted by molar-refractivity contribution is -0.117. The number of amides is 2. The Morgan fingerprint density at radius 3 is 2.81 bits per heavy atom. The molecule has 1 N–H and O–H groups in total. The second-order valence-electron chi connectivity index (χ2n) is 4.57. The average Bonchev–Trinajstić information content (AvgIpc) is 3.09. The Bertz CT molecular complexity index is 604. The summed E-state index contributed by atoms with van der Waals surface area (Å²) >= 11 is 0. The molecule has 0 saturated heterocycles. The van der Waals surface area contributed by atoms with Gasteiger partial charge < -0.3 is 19.2 Å². The number of anilines is 1. The van der Waals surface area contributed by atoms with Crippen LogP contribution in [0.15, 0.2) is 33.4 Å². The average molecular weight is 291 g/mol. The highest BCUT2D eigenvalue weighted by atomic mass is 16.5. The Labute approximate surface area is 121 Å². The monoisotopic (exact) mass is 291 g/mol. The van der Waals surface area contributed by atoms with E-state index in [0.29, 0.717) is 18.1 Å². The first-order valence-corrected chi connectivity index (χ1v) is 6.66. The number of nitrogens with one attached hydrogen (secondary N) is 1. The van der Waals surface area contributed by atoms with Gasteiger partial charge in [0.05, 0.1) is 6.26 Å². The highest BCUT2D eigenvalue weighted by molar-refractivity contribution is 5.97. The first-order chi connectivity index (χ1) is 10.1. The zero-order valence-electron chi connectivity index (χ0n) is 12.0. The van der Waals surface area contributed by atoms with Gasteiger partial charge in [0.15, 0.2) is 11.6 Å². The molecule has 7 nitrogen and oxygen atoms in total. The summed E-state index contributed by atoms with van der Waals surface area (Å²) in [6, 6.07) is 4.82. The molecule has 0 atom stereocenters. The van der Waals surface area contributed by atoms with Crippen molar-refractivity contribution in [1.29, 1.82) is 0 Å². The number of rotatable bonds is 6. The fourth-order valence-electron chi connectivity index (χ4n) is 1.86. The standard InChI is InChI=1S/C14H17N3O4/c1-3-6-17(14(19)11-5-4-7-20-11)9-13(18)15-12-8-10(2)21-16-12/h4-5,7-8H,3,6,9H2,1-2H3,(H,15,16,18). The van der Waals surface area contributed by atoms with Gasteiger partial charge in [0.25, 0.3) is 5.91 Å². The number of aryl methyl sites for hydroxylation is 1. The minimum Gasteiger partial charge on any atom is -0.459 e. The summed E-state index contributed by atoms with van der Waals surface area (Å²) in [7, 11) is 0. The number of aromatic nitrogens is 1. The van der Waals surface area contributed by atoms with Crippen molar-refractivity contribution in [3.05, 3.63) is 36.0 Å². The molecule has 0 aromatic carbocycles. The molecular formula is C14H17N3O4. The van der Waals surface area contributed by atoms with Crippen molar-refractivity contribution < 1.29 is 18.5 Å². The van der Waals surface area contributed by atoms with Gasteiger partial charge >= 0.3 is 0 Å². The lowest BCUT2D eigenvalue weighted by Gasteiger charge is -2.19. The van der Waals surface area contributed by atoms with Crippen molar-refractivity contribution in [2.75, 3.05) is 18.4 Å². The molecule has 0 saturated carbocycles. The molecule has 0 fully saturated rings. The van der Waals surface area contributed by atoms with Crippen molar-refractivity contribution in [2.24, 2.45) is 0 Å². The first-order valence-electron chi connectivity index (χ1n) is 6.66.